The molecule has 0 bridgehead atoms. The Bertz CT molecular complexity index is 574. The summed E-state index contributed by atoms with van der Waals surface area (Å²) in [6.45, 7) is 0.287. The number of para-hydroxylation sites is 1. The third-order valence-corrected chi connectivity index (χ3v) is 2.34. The van der Waals surface area contributed by atoms with E-state index in [0.717, 1.165) is 10.9 Å². The third-order valence-electron chi connectivity index (χ3n) is 2.21. The van der Waals surface area contributed by atoms with Crippen LogP contribution in [0, 0.1) is 0 Å². The minimum atomic E-state index is -0.0819. The highest BCUT2D eigenvalue weighted by Crippen LogP contribution is 2.10. The summed E-state index contributed by atoms with van der Waals surface area (Å²) in [6.07, 6.45) is 0. The first-order chi connectivity index (χ1) is 7.18. The molecular weight excluding hydrogens is 208 g/mol. The molecule has 0 radical (unpaired) electrons. The van der Waals surface area contributed by atoms with Crippen molar-refractivity contribution < 1.29 is 0 Å². The molecule has 0 atom stereocenters. The minimum absolute atomic E-state index is 0.0819. The van der Waals surface area contributed by atoms with Gasteiger partial charge in [-0.3, -0.25) is 4.79 Å². The molecule has 4 heteroatoms. The normalized spacial score (nSPS) is 10.4. The molecule has 2 rings (SSSR count). The van der Waals surface area contributed by atoms with E-state index < -0.39 is 0 Å². The van der Waals surface area contributed by atoms with E-state index in [2.05, 4.69) is 0 Å². The Hall–Kier alpha value is -1.68. The van der Waals surface area contributed by atoms with Crippen LogP contribution in [0.1, 0.15) is 0 Å². The van der Waals surface area contributed by atoms with Gasteiger partial charge in [0.25, 0.3) is 5.56 Å². The van der Waals surface area contributed by atoms with Crippen molar-refractivity contribution >= 4 is 28.1 Å². The van der Waals surface area contributed by atoms with Crippen LogP contribution in [0.5, 0.6) is 0 Å². The summed E-state index contributed by atoms with van der Waals surface area (Å²) in [5.74, 6) is 0. The molecular formula is C11H10N2OS. The highest BCUT2D eigenvalue weighted by Gasteiger charge is 2.02. The molecule has 0 spiro atoms. The third kappa shape index (κ3) is 1.89. The van der Waals surface area contributed by atoms with E-state index >= 15 is 0 Å². The molecule has 0 aliphatic carbocycles. The average molecular weight is 218 g/mol. The molecule has 0 aliphatic rings. The predicted octanol–water partition coefficient (Wildman–Crippen LogP) is 1.29. The van der Waals surface area contributed by atoms with Crippen LogP contribution in [0.15, 0.2) is 41.2 Å². The first kappa shape index (κ1) is 9.86. The SMILES string of the molecule is NC(=S)Cn1c(=O)ccc2ccccc21. The van der Waals surface area contributed by atoms with E-state index in [1.807, 2.05) is 24.3 Å². The maximum Gasteiger partial charge on any atom is 0.251 e. The Morgan fingerprint density at radius 1 is 1.27 bits per heavy atom. The number of fused-ring (bicyclic) bond motifs is 1. The van der Waals surface area contributed by atoms with Gasteiger partial charge in [0.2, 0.25) is 0 Å². The summed E-state index contributed by atoms with van der Waals surface area (Å²) in [6, 6.07) is 11.0. The van der Waals surface area contributed by atoms with Crippen LogP contribution in [0.25, 0.3) is 10.9 Å². The van der Waals surface area contributed by atoms with Crippen LogP contribution in [-0.2, 0) is 6.54 Å². The van der Waals surface area contributed by atoms with Crippen LogP contribution in [-0.4, -0.2) is 9.56 Å². The second-order valence-corrected chi connectivity index (χ2v) is 3.81. The van der Waals surface area contributed by atoms with Gasteiger partial charge in [-0.1, -0.05) is 30.4 Å². The number of hydrogen-bond acceptors (Lipinski definition) is 2. The van der Waals surface area contributed by atoms with Gasteiger partial charge in [0.05, 0.1) is 17.0 Å². The van der Waals surface area contributed by atoms with Gasteiger partial charge in [-0.25, -0.2) is 0 Å². The second-order valence-electron chi connectivity index (χ2n) is 3.28. The lowest BCUT2D eigenvalue weighted by atomic mass is 10.2. The molecule has 15 heavy (non-hydrogen) atoms. The number of pyridine rings is 1. The highest BCUT2D eigenvalue weighted by atomic mass is 32.1. The van der Waals surface area contributed by atoms with Gasteiger partial charge in [-0.15, -0.1) is 0 Å². The molecule has 0 unspecified atom stereocenters. The fraction of sp³-hybridized carbons (Fsp3) is 0.0909. The molecule has 0 fully saturated rings. The van der Waals surface area contributed by atoms with Crippen LogP contribution < -0.4 is 11.3 Å². The van der Waals surface area contributed by atoms with Crippen LogP contribution in [0.2, 0.25) is 0 Å². The Morgan fingerprint density at radius 3 is 2.73 bits per heavy atom. The Labute approximate surface area is 92.1 Å². The number of nitrogens with two attached hydrogens (primary N) is 1. The van der Waals surface area contributed by atoms with Gasteiger partial charge in [0, 0.05) is 6.07 Å². The summed E-state index contributed by atoms with van der Waals surface area (Å²) in [5, 5.41) is 1.01. The molecule has 0 aliphatic heterocycles. The standard InChI is InChI=1S/C11H10N2OS/c12-10(15)7-13-9-4-2-1-3-8(9)5-6-11(13)14/h1-6H,7H2,(H2,12,15). The first-order valence-corrected chi connectivity index (χ1v) is 4.96. The van der Waals surface area contributed by atoms with Crippen molar-refractivity contribution in [3.63, 3.8) is 0 Å². The largest absolute Gasteiger partial charge is 0.392 e. The number of aromatic nitrogens is 1. The van der Waals surface area contributed by atoms with Crippen molar-refractivity contribution in [3.8, 4) is 0 Å². The minimum Gasteiger partial charge on any atom is -0.392 e. The second kappa shape index (κ2) is 3.82. The van der Waals surface area contributed by atoms with Gasteiger partial charge in [-0.2, -0.15) is 0 Å². The van der Waals surface area contributed by atoms with Crippen molar-refractivity contribution in [3.05, 3.63) is 46.8 Å². The van der Waals surface area contributed by atoms with Gasteiger partial charge in [0.15, 0.2) is 0 Å². The number of benzene rings is 1. The van der Waals surface area contributed by atoms with Gasteiger partial charge < -0.3 is 10.3 Å². The summed E-state index contributed by atoms with van der Waals surface area (Å²) >= 11 is 4.82. The Kier molecular flexibility index (Phi) is 2.51. The molecule has 0 saturated carbocycles. The van der Waals surface area contributed by atoms with E-state index in [0.29, 0.717) is 4.99 Å². The molecule has 76 valence electrons. The van der Waals surface area contributed by atoms with E-state index in [4.69, 9.17) is 18.0 Å². The lowest BCUT2D eigenvalue weighted by molar-refractivity contribution is 0.849. The Balaban J connectivity index is 2.74. The van der Waals surface area contributed by atoms with Crippen molar-refractivity contribution in [1.29, 1.82) is 0 Å². The molecule has 2 aromatic rings. The lowest BCUT2D eigenvalue weighted by Crippen LogP contribution is -2.26. The summed E-state index contributed by atoms with van der Waals surface area (Å²) < 4.78 is 1.58. The average Bonchev–Trinajstić information content (AvgIpc) is 2.22. The van der Waals surface area contributed by atoms with Crippen LogP contribution >= 0.6 is 12.2 Å². The molecule has 1 aromatic heterocycles. The molecule has 3 nitrogen and oxygen atoms in total. The van der Waals surface area contributed by atoms with Crippen LogP contribution in [0.3, 0.4) is 0 Å². The van der Waals surface area contributed by atoms with E-state index in [1.165, 1.54) is 6.07 Å². The van der Waals surface area contributed by atoms with Gasteiger partial charge in [0.1, 0.15) is 0 Å². The zero-order valence-electron chi connectivity index (χ0n) is 8.01. The van der Waals surface area contributed by atoms with Crippen molar-refractivity contribution in [2.45, 2.75) is 6.54 Å². The molecule has 0 amide bonds. The fourth-order valence-electron chi connectivity index (χ4n) is 1.56. The number of hydrogen-bond donors (Lipinski definition) is 1. The van der Waals surface area contributed by atoms with Crippen molar-refractivity contribution in [2.24, 2.45) is 5.73 Å². The monoisotopic (exact) mass is 218 g/mol. The zero-order valence-corrected chi connectivity index (χ0v) is 8.83. The highest BCUT2D eigenvalue weighted by molar-refractivity contribution is 7.80. The zero-order chi connectivity index (χ0) is 10.8. The summed E-state index contributed by atoms with van der Waals surface area (Å²) in [7, 11) is 0. The molecule has 1 aromatic carbocycles. The molecule has 2 N–H and O–H groups in total. The smallest absolute Gasteiger partial charge is 0.251 e. The number of nitrogens with zero attached hydrogens (tertiary/aromatic N) is 1. The Morgan fingerprint density at radius 2 is 2.00 bits per heavy atom. The molecule has 1 heterocycles. The summed E-state index contributed by atoms with van der Waals surface area (Å²) in [5.41, 5.74) is 6.23. The maximum atomic E-state index is 11.6. The van der Waals surface area contributed by atoms with E-state index in [-0.39, 0.29) is 12.1 Å². The van der Waals surface area contributed by atoms with Crippen LogP contribution in [0.4, 0.5) is 0 Å². The fourth-order valence-corrected chi connectivity index (χ4v) is 1.69. The first-order valence-electron chi connectivity index (χ1n) is 4.55. The van der Waals surface area contributed by atoms with Gasteiger partial charge in [-0.05, 0) is 17.5 Å². The topological polar surface area (TPSA) is 48.0 Å². The maximum absolute atomic E-state index is 11.6. The van der Waals surface area contributed by atoms with E-state index in [9.17, 15) is 4.79 Å². The van der Waals surface area contributed by atoms with Gasteiger partial charge >= 0.3 is 0 Å². The summed E-state index contributed by atoms with van der Waals surface area (Å²) in [4.78, 5) is 11.9. The quantitative estimate of drug-likeness (QED) is 0.773. The lowest BCUT2D eigenvalue weighted by Gasteiger charge is -2.08. The van der Waals surface area contributed by atoms with Crippen molar-refractivity contribution in [1.82, 2.24) is 4.57 Å². The van der Waals surface area contributed by atoms with Crippen molar-refractivity contribution in [2.75, 3.05) is 0 Å². The number of thiocarbonyl (C=S) groups is 1. The molecule has 0 saturated heterocycles. The number of rotatable bonds is 2. The predicted molar refractivity (Wildman–Crippen MR) is 65.0 cm³/mol. The van der Waals surface area contributed by atoms with E-state index in [1.54, 1.807) is 10.6 Å².